The molecule has 0 aliphatic carbocycles. The number of sulfonamides is 1. The maximum Gasteiger partial charge on any atom is 0.252 e. The van der Waals surface area contributed by atoms with E-state index in [0.717, 1.165) is 4.88 Å². The second-order valence-electron chi connectivity index (χ2n) is 5.88. The highest BCUT2D eigenvalue weighted by Gasteiger charge is 2.34. The van der Waals surface area contributed by atoms with Gasteiger partial charge < -0.3 is 9.84 Å². The van der Waals surface area contributed by atoms with Gasteiger partial charge in [-0.15, -0.1) is 11.3 Å². The Bertz CT molecular complexity index is 841. The number of nitrogens with zero attached hydrogens (tertiary/aromatic N) is 2. The summed E-state index contributed by atoms with van der Waals surface area (Å²) < 4.78 is 32.1. The van der Waals surface area contributed by atoms with E-state index in [2.05, 4.69) is 10.5 Å². The van der Waals surface area contributed by atoms with E-state index in [1.54, 1.807) is 25.1 Å². The summed E-state index contributed by atoms with van der Waals surface area (Å²) in [4.78, 5) is 13.3. The highest BCUT2D eigenvalue weighted by atomic mass is 32.2. The van der Waals surface area contributed by atoms with Crippen molar-refractivity contribution in [2.24, 2.45) is 5.92 Å². The van der Waals surface area contributed by atoms with Crippen molar-refractivity contribution in [1.29, 1.82) is 0 Å². The lowest BCUT2D eigenvalue weighted by atomic mass is 9.99. The van der Waals surface area contributed by atoms with Crippen LogP contribution in [0, 0.1) is 19.8 Å². The summed E-state index contributed by atoms with van der Waals surface area (Å²) in [5.41, 5.74) is 0. The standard InChI is InChI=1S/C15H19N3O4S2/c1-10-8-13(17-22-10)16-15(19)12-4-3-7-18(9-12)24(20,21)14-6-5-11(2)23-14/h5-6,8,12H,3-4,7,9H2,1-2H3,(H,16,17,19)/t12-/m0/s1. The molecule has 0 radical (unpaired) electrons. The van der Waals surface area contributed by atoms with Crippen molar-refractivity contribution in [1.82, 2.24) is 9.46 Å². The van der Waals surface area contributed by atoms with Gasteiger partial charge >= 0.3 is 0 Å². The number of carbonyl (C=O) groups is 1. The normalized spacial score (nSPS) is 19.3. The smallest absolute Gasteiger partial charge is 0.252 e. The van der Waals surface area contributed by atoms with Crippen LogP contribution in [0.2, 0.25) is 0 Å². The van der Waals surface area contributed by atoms with Gasteiger partial charge in [0.15, 0.2) is 5.82 Å². The Labute approximate surface area is 144 Å². The number of carbonyl (C=O) groups excluding carboxylic acids is 1. The predicted molar refractivity (Wildman–Crippen MR) is 90.4 cm³/mol. The number of piperidine rings is 1. The van der Waals surface area contributed by atoms with Crippen molar-refractivity contribution >= 4 is 33.1 Å². The third kappa shape index (κ3) is 3.52. The Morgan fingerprint density at radius 2 is 2.21 bits per heavy atom. The molecule has 2 aromatic heterocycles. The highest BCUT2D eigenvalue weighted by Crippen LogP contribution is 2.28. The zero-order valence-corrected chi connectivity index (χ0v) is 15.1. The number of aromatic nitrogens is 1. The quantitative estimate of drug-likeness (QED) is 0.893. The summed E-state index contributed by atoms with van der Waals surface area (Å²) in [6, 6.07) is 5.04. The number of hydrogen-bond acceptors (Lipinski definition) is 6. The SMILES string of the molecule is Cc1cc(NC(=O)[C@H]2CCCN(S(=O)(=O)c3ccc(C)s3)C2)no1. The summed E-state index contributed by atoms with van der Waals surface area (Å²) in [7, 11) is -3.54. The summed E-state index contributed by atoms with van der Waals surface area (Å²) in [6.07, 6.45) is 1.30. The van der Waals surface area contributed by atoms with Crippen LogP contribution < -0.4 is 5.32 Å². The van der Waals surface area contributed by atoms with E-state index in [-0.39, 0.29) is 12.5 Å². The van der Waals surface area contributed by atoms with E-state index in [1.807, 2.05) is 6.92 Å². The average molecular weight is 369 g/mol. The predicted octanol–water partition coefficient (Wildman–Crippen LogP) is 2.39. The monoisotopic (exact) mass is 369 g/mol. The van der Waals surface area contributed by atoms with Crippen LogP contribution in [0.25, 0.3) is 0 Å². The zero-order chi connectivity index (χ0) is 17.3. The second kappa shape index (κ2) is 6.66. The highest BCUT2D eigenvalue weighted by molar-refractivity contribution is 7.91. The Balaban J connectivity index is 1.71. The van der Waals surface area contributed by atoms with Crippen molar-refractivity contribution in [3.05, 3.63) is 28.8 Å². The molecular formula is C15H19N3O4S2. The molecule has 7 nitrogen and oxygen atoms in total. The maximum atomic E-state index is 12.7. The van der Waals surface area contributed by atoms with Crippen molar-refractivity contribution in [3.63, 3.8) is 0 Å². The molecule has 1 aliphatic heterocycles. The number of anilines is 1. The first kappa shape index (κ1) is 17.1. The maximum absolute atomic E-state index is 12.7. The summed E-state index contributed by atoms with van der Waals surface area (Å²) in [6.45, 7) is 4.23. The molecule has 1 saturated heterocycles. The van der Waals surface area contributed by atoms with Crippen LogP contribution in [-0.4, -0.2) is 36.9 Å². The minimum Gasteiger partial charge on any atom is -0.360 e. The van der Waals surface area contributed by atoms with E-state index in [4.69, 9.17) is 4.52 Å². The Morgan fingerprint density at radius 1 is 1.42 bits per heavy atom. The van der Waals surface area contributed by atoms with Gasteiger partial charge in [0.2, 0.25) is 5.91 Å². The van der Waals surface area contributed by atoms with E-state index >= 15 is 0 Å². The van der Waals surface area contributed by atoms with Gasteiger partial charge in [0, 0.05) is 24.0 Å². The van der Waals surface area contributed by atoms with E-state index in [0.29, 0.717) is 35.2 Å². The molecule has 0 saturated carbocycles. The largest absolute Gasteiger partial charge is 0.360 e. The molecule has 1 amide bonds. The lowest BCUT2D eigenvalue weighted by molar-refractivity contribution is -0.120. The molecule has 1 fully saturated rings. The number of aryl methyl sites for hydroxylation is 2. The third-order valence-corrected chi connectivity index (χ3v) is 7.28. The van der Waals surface area contributed by atoms with Crippen LogP contribution >= 0.6 is 11.3 Å². The third-order valence-electron chi connectivity index (χ3n) is 3.94. The fourth-order valence-electron chi connectivity index (χ4n) is 2.71. The summed E-state index contributed by atoms with van der Waals surface area (Å²) in [5, 5.41) is 6.42. The Morgan fingerprint density at radius 3 is 2.83 bits per heavy atom. The Hall–Kier alpha value is -1.71. The molecule has 3 heterocycles. The molecule has 24 heavy (non-hydrogen) atoms. The zero-order valence-electron chi connectivity index (χ0n) is 13.5. The fourth-order valence-corrected chi connectivity index (χ4v) is 5.67. The van der Waals surface area contributed by atoms with Gasteiger partial charge in [0.05, 0.1) is 5.92 Å². The lowest BCUT2D eigenvalue weighted by Gasteiger charge is -2.30. The second-order valence-corrected chi connectivity index (χ2v) is 9.33. The van der Waals surface area contributed by atoms with Crippen LogP contribution in [0.15, 0.2) is 26.9 Å². The van der Waals surface area contributed by atoms with Gasteiger partial charge in [-0.2, -0.15) is 4.31 Å². The van der Waals surface area contributed by atoms with Crippen LogP contribution in [0.3, 0.4) is 0 Å². The van der Waals surface area contributed by atoms with Crippen molar-refractivity contribution in [2.75, 3.05) is 18.4 Å². The first-order valence-electron chi connectivity index (χ1n) is 7.67. The number of hydrogen-bond donors (Lipinski definition) is 1. The van der Waals surface area contributed by atoms with Crippen LogP contribution in [0.4, 0.5) is 5.82 Å². The van der Waals surface area contributed by atoms with Crippen molar-refractivity contribution in [2.45, 2.75) is 30.9 Å². The summed E-state index contributed by atoms with van der Waals surface area (Å²) in [5.74, 6) is 0.328. The van der Waals surface area contributed by atoms with Gasteiger partial charge in [-0.3, -0.25) is 4.79 Å². The molecule has 9 heteroatoms. The Kier molecular flexibility index (Phi) is 4.75. The summed E-state index contributed by atoms with van der Waals surface area (Å²) >= 11 is 1.25. The van der Waals surface area contributed by atoms with Crippen molar-refractivity contribution < 1.29 is 17.7 Å². The molecule has 130 valence electrons. The molecule has 1 N–H and O–H groups in total. The number of rotatable bonds is 4. The van der Waals surface area contributed by atoms with Crippen LogP contribution in [-0.2, 0) is 14.8 Å². The van der Waals surface area contributed by atoms with E-state index < -0.39 is 15.9 Å². The minimum absolute atomic E-state index is 0.182. The van der Waals surface area contributed by atoms with E-state index in [1.165, 1.54) is 15.6 Å². The van der Waals surface area contributed by atoms with E-state index in [9.17, 15) is 13.2 Å². The topological polar surface area (TPSA) is 92.5 Å². The molecule has 0 unspecified atom stereocenters. The minimum atomic E-state index is -3.54. The molecule has 1 atom stereocenters. The van der Waals surface area contributed by atoms with Crippen LogP contribution in [0.1, 0.15) is 23.5 Å². The molecule has 0 aromatic carbocycles. The van der Waals surface area contributed by atoms with Crippen LogP contribution in [0.5, 0.6) is 0 Å². The lowest BCUT2D eigenvalue weighted by Crippen LogP contribution is -2.43. The van der Waals surface area contributed by atoms with Gasteiger partial charge in [-0.05, 0) is 38.8 Å². The molecule has 1 aliphatic rings. The molecule has 3 rings (SSSR count). The van der Waals surface area contributed by atoms with Gasteiger partial charge in [0.25, 0.3) is 10.0 Å². The van der Waals surface area contributed by atoms with Gasteiger partial charge in [0.1, 0.15) is 9.97 Å². The molecule has 0 spiro atoms. The first-order chi connectivity index (χ1) is 11.4. The molecular weight excluding hydrogens is 350 g/mol. The van der Waals surface area contributed by atoms with Crippen molar-refractivity contribution in [3.8, 4) is 0 Å². The van der Waals surface area contributed by atoms with Gasteiger partial charge in [-0.1, -0.05) is 5.16 Å². The number of nitrogens with one attached hydrogen (secondary N) is 1. The number of amides is 1. The molecule has 0 bridgehead atoms. The van der Waals surface area contributed by atoms with Gasteiger partial charge in [-0.25, -0.2) is 8.42 Å². The first-order valence-corrected chi connectivity index (χ1v) is 9.92. The fraction of sp³-hybridized carbons (Fsp3) is 0.467. The average Bonchev–Trinajstić information content (AvgIpc) is 3.16. The molecule has 2 aromatic rings. The number of thiophene rings is 1.